The Labute approximate surface area is 115 Å². The number of aromatic nitrogens is 1. The molecule has 0 aliphatic carbocycles. The lowest BCUT2D eigenvalue weighted by Crippen LogP contribution is -2.16. The number of hydrogen-bond donors (Lipinski definition) is 3. The van der Waals surface area contributed by atoms with Crippen LogP contribution in [-0.4, -0.2) is 26.7 Å². The minimum atomic E-state index is -1.22. The average Bonchev–Trinajstić information content (AvgIpc) is 2.86. The number of carbonyl (C=O) groups excluding carboxylic acids is 1. The maximum absolute atomic E-state index is 12.1. The van der Waals surface area contributed by atoms with Gasteiger partial charge in [0.1, 0.15) is 17.0 Å². The molecule has 20 heavy (non-hydrogen) atoms. The zero-order chi connectivity index (χ0) is 14.7. The number of anilines is 1. The van der Waals surface area contributed by atoms with Gasteiger partial charge in [-0.05, 0) is 31.2 Å². The Kier molecular flexibility index (Phi) is 3.74. The lowest BCUT2D eigenvalue weighted by Gasteiger charge is -2.09. The third kappa shape index (κ3) is 2.64. The first-order valence-corrected chi connectivity index (χ1v) is 6.05. The van der Waals surface area contributed by atoms with E-state index in [4.69, 9.17) is 5.11 Å². The minimum absolute atomic E-state index is 0.208. The van der Waals surface area contributed by atoms with Gasteiger partial charge in [0.25, 0.3) is 5.91 Å². The van der Waals surface area contributed by atoms with Crippen molar-refractivity contribution >= 4 is 17.6 Å². The largest absolute Gasteiger partial charge is 0.507 e. The van der Waals surface area contributed by atoms with Gasteiger partial charge >= 0.3 is 5.97 Å². The van der Waals surface area contributed by atoms with Gasteiger partial charge in [-0.1, -0.05) is 0 Å². The maximum atomic E-state index is 12.1. The van der Waals surface area contributed by atoms with Gasteiger partial charge in [-0.2, -0.15) is 0 Å². The van der Waals surface area contributed by atoms with Gasteiger partial charge in [0, 0.05) is 24.5 Å². The van der Waals surface area contributed by atoms with E-state index in [9.17, 15) is 14.7 Å². The Morgan fingerprint density at radius 3 is 2.65 bits per heavy atom. The van der Waals surface area contributed by atoms with Crippen LogP contribution in [0.2, 0.25) is 0 Å². The first-order chi connectivity index (χ1) is 9.52. The monoisotopic (exact) mass is 274 g/mol. The van der Waals surface area contributed by atoms with Crippen LogP contribution in [0.4, 0.5) is 5.69 Å². The Morgan fingerprint density at radius 2 is 2.05 bits per heavy atom. The number of nitrogens with one attached hydrogen (secondary N) is 1. The number of carbonyl (C=O) groups is 2. The van der Waals surface area contributed by atoms with E-state index in [2.05, 4.69) is 5.32 Å². The highest BCUT2D eigenvalue weighted by Crippen LogP contribution is 2.22. The molecule has 0 saturated carbocycles. The number of carboxylic acids is 1. The van der Waals surface area contributed by atoms with Gasteiger partial charge in [-0.3, -0.25) is 4.79 Å². The zero-order valence-corrected chi connectivity index (χ0v) is 10.8. The lowest BCUT2D eigenvalue weighted by atomic mass is 10.2. The second kappa shape index (κ2) is 5.48. The first-order valence-electron chi connectivity index (χ1n) is 6.05. The molecular formula is C14H14N2O4. The van der Waals surface area contributed by atoms with Gasteiger partial charge in [0.2, 0.25) is 0 Å². The van der Waals surface area contributed by atoms with Crippen molar-refractivity contribution in [1.29, 1.82) is 0 Å². The highest BCUT2D eigenvalue weighted by Gasteiger charge is 2.13. The SMILES string of the molecule is CCn1cccc1C(=O)Nc1ccc(C(=O)O)c(O)c1. The summed E-state index contributed by atoms with van der Waals surface area (Å²) in [5.74, 6) is -1.93. The van der Waals surface area contributed by atoms with Crippen LogP contribution in [0.25, 0.3) is 0 Å². The number of benzene rings is 1. The topological polar surface area (TPSA) is 91.6 Å². The average molecular weight is 274 g/mol. The third-order valence-electron chi connectivity index (χ3n) is 2.89. The summed E-state index contributed by atoms with van der Waals surface area (Å²) in [4.78, 5) is 22.8. The number of aromatic carboxylic acids is 1. The quantitative estimate of drug-likeness (QED) is 0.796. The second-order valence-corrected chi connectivity index (χ2v) is 4.17. The summed E-state index contributed by atoms with van der Waals surface area (Å²) in [6.45, 7) is 2.59. The summed E-state index contributed by atoms with van der Waals surface area (Å²) in [7, 11) is 0. The van der Waals surface area contributed by atoms with Crippen LogP contribution in [0.5, 0.6) is 5.75 Å². The molecular weight excluding hydrogens is 260 g/mol. The number of carboxylic acid groups (broad SMARTS) is 1. The fourth-order valence-corrected chi connectivity index (χ4v) is 1.88. The molecule has 0 bridgehead atoms. The molecule has 2 aromatic rings. The van der Waals surface area contributed by atoms with Crippen LogP contribution in [0.15, 0.2) is 36.5 Å². The number of aryl methyl sites for hydroxylation is 1. The zero-order valence-electron chi connectivity index (χ0n) is 10.8. The predicted octanol–water partition coefficient (Wildman–Crippen LogP) is 2.16. The van der Waals surface area contributed by atoms with Crippen LogP contribution in [0, 0.1) is 0 Å². The van der Waals surface area contributed by atoms with E-state index in [0.29, 0.717) is 17.9 Å². The van der Waals surface area contributed by atoms with Gasteiger partial charge in [0.15, 0.2) is 0 Å². The van der Waals surface area contributed by atoms with Crippen molar-refractivity contribution in [2.45, 2.75) is 13.5 Å². The Balaban J connectivity index is 2.20. The molecule has 104 valence electrons. The van der Waals surface area contributed by atoms with E-state index in [1.165, 1.54) is 18.2 Å². The highest BCUT2D eigenvalue weighted by atomic mass is 16.4. The molecule has 1 aromatic heterocycles. The van der Waals surface area contributed by atoms with Gasteiger partial charge in [-0.15, -0.1) is 0 Å². The molecule has 0 aliphatic heterocycles. The Morgan fingerprint density at radius 1 is 1.30 bits per heavy atom. The molecule has 0 spiro atoms. The van der Waals surface area contributed by atoms with Crippen molar-refractivity contribution in [3.63, 3.8) is 0 Å². The summed E-state index contributed by atoms with van der Waals surface area (Å²) in [5.41, 5.74) is 0.621. The van der Waals surface area contributed by atoms with Crippen molar-refractivity contribution in [1.82, 2.24) is 4.57 Å². The van der Waals surface area contributed by atoms with Crippen molar-refractivity contribution in [2.75, 3.05) is 5.32 Å². The van der Waals surface area contributed by atoms with Crippen molar-refractivity contribution < 1.29 is 19.8 Å². The molecule has 0 radical (unpaired) electrons. The standard InChI is InChI=1S/C14H14N2O4/c1-2-16-7-3-4-11(16)13(18)15-9-5-6-10(14(19)20)12(17)8-9/h3-8,17H,2H2,1H3,(H,15,18)(H,19,20). The second-order valence-electron chi connectivity index (χ2n) is 4.17. The molecule has 1 heterocycles. The maximum Gasteiger partial charge on any atom is 0.339 e. The molecule has 0 fully saturated rings. The van der Waals surface area contributed by atoms with E-state index in [-0.39, 0.29) is 17.2 Å². The smallest absolute Gasteiger partial charge is 0.339 e. The normalized spacial score (nSPS) is 10.2. The molecule has 3 N–H and O–H groups in total. The van der Waals surface area contributed by atoms with Gasteiger partial charge in [0.05, 0.1) is 0 Å². The number of phenols is 1. The molecule has 2 rings (SSSR count). The summed E-state index contributed by atoms with van der Waals surface area (Å²) >= 11 is 0. The first kappa shape index (κ1) is 13.7. The fourth-order valence-electron chi connectivity index (χ4n) is 1.88. The van der Waals surface area contributed by atoms with Crippen LogP contribution in [0.3, 0.4) is 0 Å². The summed E-state index contributed by atoms with van der Waals surface area (Å²) < 4.78 is 1.78. The molecule has 0 unspecified atom stereocenters. The molecule has 0 saturated heterocycles. The number of aromatic hydroxyl groups is 1. The predicted molar refractivity (Wildman–Crippen MR) is 73.1 cm³/mol. The summed E-state index contributed by atoms with van der Waals surface area (Å²) in [6, 6.07) is 7.33. The summed E-state index contributed by atoms with van der Waals surface area (Å²) in [5, 5.41) is 21.0. The number of amides is 1. The van der Waals surface area contributed by atoms with Crippen LogP contribution in [-0.2, 0) is 6.54 Å². The fraction of sp³-hybridized carbons (Fsp3) is 0.143. The van der Waals surface area contributed by atoms with E-state index in [0.717, 1.165) is 0 Å². The molecule has 0 aliphatic rings. The van der Waals surface area contributed by atoms with Gasteiger partial charge < -0.3 is 20.1 Å². The van der Waals surface area contributed by atoms with Crippen LogP contribution < -0.4 is 5.32 Å². The van der Waals surface area contributed by atoms with E-state index >= 15 is 0 Å². The molecule has 6 nitrogen and oxygen atoms in total. The third-order valence-corrected chi connectivity index (χ3v) is 2.89. The van der Waals surface area contributed by atoms with Crippen molar-refractivity contribution in [3.8, 4) is 5.75 Å². The Bertz CT molecular complexity index is 661. The van der Waals surface area contributed by atoms with Crippen LogP contribution in [0.1, 0.15) is 27.8 Å². The lowest BCUT2D eigenvalue weighted by molar-refractivity contribution is 0.0693. The van der Waals surface area contributed by atoms with E-state index < -0.39 is 5.97 Å². The van der Waals surface area contributed by atoms with E-state index in [1.54, 1.807) is 22.9 Å². The number of nitrogens with zero attached hydrogens (tertiary/aromatic N) is 1. The number of hydrogen-bond acceptors (Lipinski definition) is 3. The van der Waals surface area contributed by atoms with Crippen molar-refractivity contribution in [3.05, 3.63) is 47.8 Å². The van der Waals surface area contributed by atoms with Crippen molar-refractivity contribution in [2.24, 2.45) is 0 Å². The molecule has 6 heteroatoms. The highest BCUT2D eigenvalue weighted by molar-refractivity contribution is 6.03. The number of rotatable bonds is 4. The van der Waals surface area contributed by atoms with Crippen LogP contribution >= 0.6 is 0 Å². The molecule has 0 atom stereocenters. The molecule has 1 amide bonds. The minimum Gasteiger partial charge on any atom is -0.507 e. The van der Waals surface area contributed by atoms with E-state index in [1.807, 2.05) is 6.92 Å². The van der Waals surface area contributed by atoms with Gasteiger partial charge in [-0.25, -0.2) is 4.79 Å². The summed E-state index contributed by atoms with van der Waals surface area (Å²) in [6.07, 6.45) is 1.79. The molecule has 1 aromatic carbocycles. The Hall–Kier alpha value is -2.76.